The summed E-state index contributed by atoms with van der Waals surface area (Å²) < 4.78 is 20.4. The second-order valence-corrected chi connectivity index (χ2v) is 9.46. The Kier molecular flexibility index (Phi) is 6.67. The standard InChI is InChI=1S/C28H21Cl2FN2O4/c1-37-17-7-9-23-20(13-17)15(14-32-23)10-11-33-25(19-4-2-3-5-22(19)31)24(27(35)28(33)36)26(34)18-8-6-16(29)12-21(18)30/h2-9,12-14,25,32,34H,10-11H2,1H3/b26-24-. The highest BCUT2D eigenvalue weighted by Gasteiger charge is 2.47. The van der Waals surface area contributed by atoms with Crippen LogP contribution in [-0.4, -0.2) is 40.3 Å². The van der Waals surface area contributed by atoms with Crippen LogP contribution >= 0.6 is 23.2 Å². The maximum atomic E-state index is 15.0. The zero-order chi connectivity index (χ0) is 26.3. The molecule has 1 aliphatic rings. The van der Waals surface area contributed by atoms with Gasteiger partial charge in [0.05, 0.1) is 23.7 Å². The molecule has 6 nitrogen and oxygen atoms in total. The molecule has 3 aromatic carbocycles. The second kappa shape index (κ2) is 9.92. The summed E-state index contributed by atoms with van der Waals surface area (Å²) in [5.41, 5.74) is 1.76. The topological polar surface area (TPSA) is 82.6 Å². The first-order valence-electron chi connectivity index (χ1n) is 11.4. The third kappa shape index (κ3) is 4.45. The molecule has 1 atom stereocenters. The zero-order valence-corrected chi connectivity index (χ0v) is 21.1. The molecule has 4 aromatic rings. The minimum atomic E-state index is -1.15. The number of carbonyl (C=O) groups excluding carboxylic acids is 2. The van der Waals surface area contributed by atoms with Crippen LogP contribution in [0.4, 0.5) is 4.39 Å². The van der Waals surface area contributed by atoms with Crippen LogP contribution in [0.3, 0.4) is 0 Å². The van der Waals surface area contributed by atoms with E-state index in [9.17, 15) is 14.7 Å². The van der Waals surface area contributed by atoms with Gasteiger partial charge in [0.25, 0.3) is 11.7 Å². The molecule has 5 rings (SSSR count). The summed E-state index contributed by atoms with van der Waals surface area (Å²) in [6.07, 6.45) is 2.19. The Labute approximate surface area is 221 Å². The van der Waals surface area contributed by atoms with Gasteiger partial charge < -0.3 is 19.7 Å². The Balaban J connectivity index is 1.59. The molecule has 0 bridgehead atoms. The molecule has 1 aliphatic heterocycles. The van der Waals surface area contributed by atoms with Gasteiger partial charge in [-0.2, -0.15) is 0 Å². The Hall–Kier alpha value is -3.81. The van der Waals surface area contributed by atoms with E-state index in [-0.39, 0.29) is 28.3 Å². The van der Waals surface area contributed by atoms with Gasteiger partial charge in [0.15, 0.2) is 0 Å². The van der Waals surface area contributed by atoms with E-state index < -0.39 is 29.3 Å². The molecule has 37 heavy (non-hydrogen) atoms. The van der Waals surface area contributed by atoms with Crippen LogP contribution in [0.1, 0.15) is 22.7 Å². The van der Waals surface area contributed by atoms with Gasteiger partial charge >= 0.3 is 0 Å². The number of hydrogen-bond acceptors (Lipinski definition) is 4. The largest absolute Gasteiger partial charge is 0.507 e. The summed E-state index contributed by atoms with van der Waals surface area (Å²) in [6, 6.07) is 14.7. The van der Waals surface area contributed by atoms with Crippen molar-refractivity contribution in [3.63, 3.8) is 0 Å². The van der Waals surface area contributed by atoms with Crippen LogP contribution in [0.2, 0.25) is 10.0 Å². The number of carbonyl (C=O) groups is 2. The third-order valence-electron chi connectivity index (χ3n) is 6.52. The summed E-state index contributed by atoms with van der Waals surface area (Å²) in [4.78, 5) is 30.9. The van der Waals surface area contributed by atoms with Gasteiger partial charge in [-0.3, -0.25) is 9.59 Å². The van der Waals surface area contributed by atoms with Crippen molar-refractivity contribution < 1.29 is 23.8 Å². The number of rotatable bonds is 6. The highest BCUT2D eigenvalue weighted by molar-refractivity contribution is 6.47. The number of aromatic nitrogens is 1. The lowest BCUT2D eigenvalue weighted by molar-refractivity contribution is -0.139. The summed E-state index contributed by atoms with van der Waals surface area (Å²) in [6.45, 7) is 0.0961. The Morgan fingerprint density at radius 3 is 2.62 bits per heavy atom. The van der Waals surface area contributed by atoms with E-state index in [4.69, 9.17) is 27.9 Å². The number of H-pyrrole nitrogens is 1. The van der Waals surface area contributed by atoms with Crippen molar-refractivity contribution in [2.75, 3.05) is 13.7 Å². The van der Waals surface area contributed by atoms with E-state index in [1.54, 1.807) is 13.2 Å². The number of nitrogens with one attached hydrogen (secondary N) is 1. The summed E-state index contributed by atoms with van der Waals surface area (Å²) in [5.74, 6) is -2.17. The maximum absolute atomic E-state index is 15.0. The van der Waals surface area contributed by atoms with E-state index in [2.05, 4.69) is 4.98 Å². The first-order valence-corrected chi connectivity index (χ1v) is 12.2. The molecule has 9 heteroatoms. The number of ketones is 1. The summed E-state index contributed by atoms with van der Waals surface area (Å²) in [7, 11) is 1.58. The van der Waals surface area contributed by atoms with Crippen LogP contribution in [0.25, 0.3) is 16.7 Å². The number of fused-ring (bicyclic) bond motifs is 1. The van der Waals surface area contributed by atoms with Crippen LogP contribution in [0.15, 0.2) is 72.4 Å². The molecule has 2 N–H and O–H groups in total. The number of aromatic amines is 1. The Morgan fingerprint density at radius 2 is 1.89 bits per heavy atom. The molecule has 1 aromatic heterocycles. The van der Waals surface area contributed by atoms with E-state index >= 15 is 4.39 Å². The number of ether oxygens (including phenoxy) is 1. The molecular weight excluding hydrogens is 518 g/mol. The van der Waals surface area contributed by atoms with Crippen LogP contribution in [0, 0.1) is 5.82 Å². The van der Waals surface area contributed by atoms with Crippen LogP contribution < -0.4 is 4.74 Å². The predicted octanol–water partition coefficient (Wildman–Crippen LogP) is 6.29. The van der Waals surface area contributed by atoms with Gasteiger partial charge in [-0.1, -0.05) is 41.4 Å². The lowest BCUT2D eigenvalue weighted by Crippen LogP contribution is -2.32. The molecule has 188 valence electrons. The van der Waals surface area contributed by atoms with Crippen LogP contribution in [0.5, 0.6) is 5.75 Å². The molecule has 1 saturated heterocycles. The van der Waals surface area contributed by atoms with Gasteiger partial charge in [-0.05, 0) is 54.4 Å². The average Bonchev–Trinajstić information content (AvgIpc) is 3.40. The van der Waals surface area contributed by atoms with Gasteiger partial charge in [-0.15, -0.1) is 0 Å². The van der Waals surface area contributed by atoms with E-state index in [0.717, 1.165) is 16.5 Å². The van der Waals surface area contributed by atoms with Crippen molar-refractivity contribution >= 4 is 51.6 Å². The minimum Gasteiger partial charge on any atom is -0.507 e. The Morgan fingerprint density at radius 1 is 1.11 bits per heavy atom. The number of aliphatic hydroxyl groups is 1. The lowest BCUT2D eigenvalue weighted by atomic mass is 9.94. The summed E-state index contributed by atoms with van der Waals surface area (Å²) in [5, 5.41) is 12.5. The average molecular weight is 539 g/mol. The zero-order valence-electron chi connectivity index (χ0n) is 19.6. The van der Waals surface area contributed by atoms with Crippen molar-refractivity contribution in [1.29, 1.82) is 0 Å². The molecule has 1 fully saturated rings. The van der Waals surface area contributed by atoms with Crippen molar-refractivity contribution in [3.05, 3.63) is 105 Å². The SMILES string of the molecule is COc1ccc2[nH]cc(CCN3C(=O)C(=O)/C(=C(\O)c4ccc(Cl)cc4Cl)C3c3ccccc3F)c2c1. The number of Topliss-reactive ketones (excluding diaryl/α,β-unsaturated/α-hetero) is 1. The predicted molar refractivity (Wildman–Crippen MR) is 140 cm³/mol. The first-order chi connectivity index (χ1) is 17.8. The molecule has 0 saturated carbocycles. The molecule has 1 unspecified atom stereocenters. The van der Waals surface area contributed by atoms with Gasteiger partial charge in [0, 0.05) is 39.8 Å². The fraction of sp³-hybridized carbons (Fsp3) is 0.143. The monoisotopic (exact) mass is 538 g/mol. The molecule has 0 aliphatic carbocycles. The van der Waals surface area contributed by atoms with Gasteiger partial charge in [-0.25, -0.2) is 4.39 Å². The lowest BCUT2D eigenvalue weighted by Gasteiger charge is -2.25. The number of benzene rings is 3. The molecule has 1 amide bonds. The number of nitrogens with zero attached hydrogens (tertiary/aromatic N) is 1. The van der Waals surface area contributed by atoms with E-state index in [1.807, 2.05) is 24.4 Å². The normalized spacial score (nSPS) is 17.1. The van der Waals surface area contributed by atoms with Crippen molar-refractivity contribution in [1.82, 2.24) is 9.88 Å². The quantitative estimate of drug-likeness (QED) is 0.172. The molecule has 0 radical (unpaired) electrons. The number of hydrogen-bond donors (Lipinski definition) is 2. The highest BCUT2D eigenvalue weighted by Crippen LogP contribution is 2.41. The number of likely N-dealkylation sites (tertiary alicyclic amines) is 1. The van der Waals surface area contributed by atoms with Crippen molar-refractivity contribution in [2.24, 2.45) is 0 Å². The minimum absolute atomic E-state index is 0.0916. The van der Waals surface area contributed by atoms with E-state index in [1.165, 1.54) is 41.3 Å². The Bertz CT molecular complexity index is 1580. The number of methoxy groups -OCH3 is 1. The number of halogens is 3. The van der Waals surface area contributed by atoms with Crippen molar-refractivity contribution in [2.45, 2.75) is 12.5 Å². The summed E-state index contributed by atoms with van der Waals surface area (Å²) >= 11 is 12.3. The van der Waals surface area contributed by atoms with Crippen LogP contribution in [-0.2, 0) is 16.0 Å². The van der Waals surface area contributed by atoms with Crippen molar-refractivity contribution in [3.8, 4) is 5.75 Å². The smallest absolute Gasteiger partial charge is 0.295 e. The fourth-order valence-electron chi connectivity index (χ4n) is 4.69. The van der Waals surface area contributed by atoms with E-state index in [0.29, 0.717) is 17.2 Å². The van der Waals surface area contributed by atoms with Gasteiger partial charge in [0.2, 0.25) is 0 Å². The molecular formula is C28H21Cl2FN2O4. The van der Waals surface area contributed by atoms with Gasteiger partial charge in [0.1, 0.15) is 17.3 Å². The number of aliphatic hydroxyl groups excluding tert-OH is 1. The molecule has 0 spiro atoms. The maximum Gasteiger partial charge on any atom is 0.295 e. The second-order valence-electron chi connectivity index (χ2n) is 8.61. The highest BCUT2D eigenvalue weighted by atomic mass is 35.5. The number of amides is 1. The molecule has 2 heterocycles. The third-order valence-corrected chi connectivity index (χ3v) is 7.07. The fourth-order valence-corrected chi connectivity index (χ4v) is 5.19. The first kappa shape index (κ1) is 24.9.